The lowest BCUT2D eigenvalue weighted by Crippen LogP contribution is -1.97. The maximum absolute atomic E-state index is 12.6. The SMILES string of the molecule is CCCCOc1ccc(F)c(F)c1. The third-order valence-corrected chi connectivity index (χ3v) is 1.66. The van der Waals surface area contributed by atoms with Crippen molar-refractivity contribution < 1.29 is 13.5 Å². The summed E-state index contributed by atoms with van der Waals surface area (Å²) >= 11 is 0. The van der Waals surface area contributed by atoms with Gasteiger partial charge in [0.25, 0.3) is 0 Å². The van der Waals surface area contributed by atoms with Crippen LogP contribution in [0, 0.1) is 11.6 Å². The zero-order chi connectivity index (χ0) is 9.68. The van der Waals surface area contributed by atoms with Crippen LogP contribution in [-0.2, 0) is 0 Å². The summed E-state index contributed by atoms with van der Waals surface area (Å²) < 4.78 is 30.3. The molecule has 1 aromatic carbocycles. The Labute approximate surface area is 76.3 Å². The highest BCUT2D eigenvalue weighted by atomic mass is 19.2. The molecule has 0 unspecified atom stereocenters. The third kappa shape index (κ3) is 3.01. The predicted octanol–water partition coefficient (Wildman–Crippen LogP) is 3.14. The molecule has 0 saturated carbocycles. The number of hydrogen-bond donors (Lipinski definition) is 0. The number of benzene rings is 1. The van der Waals surface area contributed by atoms with Crippen molar-refractivity contribution in [3.8, 4) is 5.75 Å². The molecule has 0 bridgehead atoms. The van der Waals surface area contributed by atoms with Gasteiger partial charge >= 0.3 is 0 Å². The maximum Gasteiger partial charge on any atom is 0.162 e. The number of hydrogen-bond acceptors (Lipinski definition) is 1. The van der Waals surface area contributed by atoms with Crippen LogP contribution in [0.5, 0.6) is 5.75 Å². The van der Waals surface area contributed by atoms with Gasteiger partial charge in [0.1, 0.15) is 5.75 Å². The van der Waals surface area contributed by atoms with Crippen molar-refractivity contribution in [2.24, 2.45) is 0 Å². The van der Waals surface area contributed by atoms with Gasteiger partial charge in [0.05, 0.1) is 6.61 Å². The first-order chi connectivity index (χ1) is 6.24. The van der Waals surface area contributed by atoms with Gasteiger partial charge in [0.15, 0.2) is 11.6 Å². The van der Waals surface area contributed by atoms with Gasteiger partial charge in [0.2, 0.25) is 0 Å². The Kier molecular flexibility index (Phi) is 3.68. The van der Waals surface area contributed by atoms with Crippen molar-refractivity contribution in [1.82, 2.24) is 0 Å². The first-order valence-electron chi connectivity index (χ1n) is 4.32. The molecule has 3 heteroatoms. The largest absolute Gasteiger partial charge is 0.493 e. The van der Waals surface area contributed by atoms with E-state index in [1.165, 1.54) is 6.07 Å². The summed E-state index contributed by atoms with van der Waals surface area (Å²) in [5.41, 5.74) is 0. The van der Waals surface area contributed by atoms with E-state index in [0.717, 1.165) is 25.0 Å². The Morgan fingerprint density at radius 2 is 2.00 bits per heavy atom. The van der Waals surface area contributed by atoms with Crippen LogP contribution < -0.4 is 4.74 Å². The second-order valence-electron chi connectivity index (χ2n) is 2.78. The molecule has 0 heterocycles. The number of halogens is 2. The molecule has 0 saturated heterocycles. The number of unbranched alkanes of at least 4 members (excludes halogenated alkanes) is 1. The van der Waals surface area contributed by atoms with Gasteiger partial charge in [-0.2, -0.15) is 0 Å². The minimum atomic E-state index is -0.867. The first kappa shape index (κ1) is 9.96. The smallest absolute Gasteiger partial charge is 0.162 e. The molecule has 1 rings (SSSR count). The quantitative estimate of drug-likeness (QED) is 0.656. The lowest BCUT2D eigenvalue weighted by molar-refractivity contribution is 0.306. The lowest BCUT2D eigenvalue weighted by Gasteiger charge is -2.04. The molecule has 1 nitrogen and oxygen atoms in total. The van der Waals surface area contributed by atoms with Crippen LogP contribution in [0.4, 0.5) is 8.78 Å². The van der Waals surface area contributed by atoms with Crippen LogP contribution in [-0.4, -0.2) is 6.61 Å². The van der Waals surface area contributed by atoms with Crippen LogP contribution in [0.15, 0.2) is 18.2 Å². The maximum atomic E-state index is 12.6. The van der Waals surface area contributed by atoms with E-state index in [1.807, 2.05) is 6.92 Å². The van der Waals surface area contributed by atoms with Crippen LogP contribution in [0.1, 0.15) is 19.8 Å². The van der Waals surface area contributed by atoms with E-state index < -0.39 is 11.6 Å². The lowest BCUT2D eigenvalue weighted by atomic mass is 10.3. The average molecular weight is 186 g/mol. The topological polar surface area (TPSA) is 9.23 Å². The Balaban J connectivity index is 2.53. The summed E-state index contributed by atoms with van der Waals surface area (Å²) in [6, 6.07) is 3.55. The fraction of sp³-hybridized carbons (Fsp3) is 0.400. The van der Waals surface area contributed by atoms with Crippen LogP contribution in [0.2, 0.25) is 0 Å². The summed E-state index contributed by atoms with van der Waals surface area (Å²) in [4.78, 5) is 0. The number of rotatable bonds is 4. The van der Waals surface area contributed by atoms with Crippen molar-refractivity contribution >= 4 is 0 Å². The molecule has 0 spiro atoms. The van der Waals surface area contributed by atoms with E-state index >= 15 is 0 Å². The predicted molar refractivity (Wildman–Crippen MR) is 46.8 cm³/mol. The van der Waals surface area contributed by atoms with E-state index in [2.05, 4.69) is 0 Å². The highest BCUT2D eigenvalue weighted by Gasteiger charge is 2.02. The molecule has 13 heavy (non-hydrogen) atoms. The number of ether oxygens (including phenoxy) is 1. The van der Waals surface area contributed by atoms with Crippen molar-refractivity contribution in [3.63, 3.8) is 0 Å². The molecule has 0 aliphatic rings. The summed E-state index contributed by atoms with van der Waals surface area (Å²) in [6.07, 6.45) is 1.93. The van der Waals surface area contributed by atoms with Gasteiger partial charge in [-0.3, -0.25) is 0 Å². The first-order valence-corrected chi connectivity index (χ1v) is 4.32. The van der Waals surface area contributed by atoms with Crippen molar-refractivity contribution in [3.05, 3.63) is 29.8 Å². The second-order valence-corrected chi connectivity index (χ2v) is 2.78. The second kappa shape index (κ2) is 4.80. The summed E-state index contributed by atoms with van der Waals surface area (Å²) in [5, 5.41) is 0. The Morgan fingerprint density at radius 1 is 1.23 bits per heavy atom. The van der Waals surface area contributed by atoms with E-state index in [0.29, 0.717) is 12.4 Å². The Hall–Kier alpha value is -1.12. The van der Waals surface area contributed by atoms with E-state index in [-0.39, 0.29) is 0 Å². The average Bonchev–Trinajstić information content (AvgIpc) is 2.12. The van der Waals surface area contributed by atoms with E-state index in [4.69, 9.17) is 4.74 Å². The van der Waals surface area contributed by atoms with Crippen LogP contribution >= 0.6 is 0 Å². The van der Waals surface area contributed by atoms with Crippen molar-refractivity contribution in [1.29, 1.82) is 0 Å². The molecule has 1 aromatic rings. The molecule has 0 radical (unpaired) electrons. The highest BCUT2D eigenvalue weighted by molar-refractivity contribution is 5.23. The van der Waals surface area contributed by atoms with Crippen LogP contribution in [0.25, 0.3) is 0 Å². The fourth-order valence-corrected chi connectivity index (χ4v) is 0.901. The zero-order valence-electron chi connectivity index (χ0n) is 7.52. The van der Waals surface area contributed by atoms with Gasteiger partial charge in [-0.1, -0.05) is 13.3 Å². The highest BCUT2D eigenvalue weighted by Crippen LogP contribution is 2.15. The summed E-state index contributed by atoms with van der Waals surface area (Å²) in [7, 11) is 0. The van der Waals surface area contributed by atoms with Gasteiger partial charge in [-0.25, -0.2) is 8.78 Å². The van der Waals surface area contributed by atoms with Crippen LogP contribution in [0.3, 0.4) is 0 Å². The fourth-order valence-electron chi connectivity index (χ4n) is 0.901. The third-order valence-electron chi connectivity index (χ3n) is 1.66. The molecule has 0 atom stereocenters. The van der Waals surface area contributed by atoms with Gasteiger partial charge in [-0.05, 0) is 18.6 Å². The minimum absolute atomic E-state index is 0.382. The van der Waals surface area contributed by atoms with Crippen molar-refractivity contribution in [2.45, 2.75) is 19.8 Å². The zero-order valence-corrected chi connectivity index (χ0v) is 7.52. The summed E-state index contributed by atoms with van der Waals surface area (Å²) in [5.74, 6) is -1.33. The van der Waals surface area contributed by atoms with E-state index in [1.54, 1.807) is 0 Å². The molecule has 0 fully saturated rings. The van der Waals surface area contributed by atoms with E-state index in [9.17, 15) is 8.78 Å². The molecule has 0 aromatic heterocycles. The monoisotopic (exact) mass is 186 g/mol. The molecule has 0 aliphatic carbocycles. The molecule has 0 amide bonds. The molecular weight excluding hydrogens is 174 g/mol. The standard InChI is InChI=1S/C10H12F2O/c1-2-3-6-13-8-4-5-9(11)10(12)7-8/h4-5,7H,2-3,6H2,1H3. The molecular formula is C10H12F2O. The molecule has 72 valence electrons. The summed E-state index contributed by atoms with van der Waals surface area (Å²) in [6.45, 7) is 2.58. The van der Waals surface area contributed by atoms with Gasteiger partial charge in [-0.15, -0.1) is 0 Å². The van der Waals surface area contributed by atoms with Crippen molar-refractivity contribution in [2.75, 3.05) is 6.61 Å². The Bertz CT molecular complexity index is 274. The minimum Gasteiger partial charge on any atom is -0.493 e. The molecule has 0 aliphatic heterocycles. The van der Waals surface area contributed by atoms with Gasteiger partial charge < -0.3 is 4.74 Å². The molecule has 0 N–H and O–H groups in total. The Morgan fingerprint density at radius 3 is 2.62 bits per heavy atom. The normalized spacial score (nSPS) is 10.1. The van der Waals surface area contributed by atoms with Gasteiger partial charge in [0, 0.05) is 6.07 Å².